The lowest BCUT2D eigenvalue weighted by molar-refractivity contribution is 1.19. The van der Waals surface area contributed by atoms with Crippen LogP contribution >= 0.6 is 11.3 Å². The van der Waals surface area contributed by atoms with E-state index in [1.165, 1.54) is 86.4 Å². The Kier molecular flexibility index (Phi) is 5.79. The van der Waals surface area contributed by atoms with Crippen LogP contribution in [0.1, 0.15) is 5.56 Å². The Balaban J connectivity index is 1.37. The van der Waals surface area contributed by atoms with Gasteiger partial charge in [0.05, 0.1) is 5.52 Å². The van der Waals surface area contributed by atoms with Crippen LogP contribution in [0.15, 0.2) is 146 Å². The predicted molar refractivity (Wildman–Crippen MR) is 204 cm³/mol. The molecule has 0 amide bonds. The molecule has 219 valence electrons. The SMILES string of the molecule is Cc1ccccc1Nc1ccc2sc3ccccc3c2c1-c1cc(-c2ccccc2)cc2c1[B]c1cccc3c4ccccc4n-2c13. The van der Waals surface area contributed by atoms with Gasteiger partial charge in [-0.05, 0) is 77.1 Å². The van der Waals surface area contributed by atoms with Gasteiger partial charge in [0.15, 0.2) is 7.28 Å². The zero-order chi connectivity index (χ0) is 31.1. The van der Waals surface area contributed by atoms with E-state index in [1.807, 2.05) is 11.3 Å². The highest BCUT2D eigenvalue weighted by molar-refractivity contribution is 7.26. The summed E-state index contributed by atoms with van der Waals surface area (Å²) in [5.74, 6) is 0. The van der Waals surface area contributed by atoms with Crippen molar-refractivity contribution in [2.45, 2.75) is 6.92 Å². The van der Waals surface area contributed by atoms with Crippen LogP contribution in [0, 0.1) is 6.92 Å². The molecule has 0 bridgehead atoms. The summed E-state index contributed by atoms with van der Waals surface area (Å²) < 4.78 is 5.10. The lowest BCUT2D eigenvalue weighted by Gasteiger charge is -2.26. The van der Waals surface area contributed by atoms with Crippen molar-refractivity contribution < 1.29 is 0 Å². The lowest BCUT2D eigenvalue weighted by Crippen LogP contribution is -2.37. The first-order valence-electron chi connectivity index (χ1n) is 16.1. The van der Waals surface area contributed by atoms with Gasteiger partial charge < -0.3 is 9.88 Å². The minimum atomic E-state index is 1.11. The van der Waals surface area contributed by atoms with E-state index in [1.54, 1.807) is 0 Å². The molecule has 9 aromatic rings. The van der Waals surface area contributed by atoms with E-state index in [2.05, 4.69) is 170 Å². The molecule has 2 aromatic heterocycles. The molecule has 0 fully saturated rings. The lowest BCUT2D eigenvalue weighted by atomic mass is 9.58. The number of nitrogens with one attached hydrogen (secondary N) is 1. The maximum atomic E-state index is 3.90. The van der Waals surface area contributed by atoms with Gasteiger partial charge in [0.1, 0.15) is 0 Å². The van der Waals surface area contributed by atoms with Crippen LogP contribution in [-0.4, -0.2) is 11.8 Å². The molecule has 3 heterocycles. The number of aromatic nitrogens is 1. The van der Waals surface area contributed by atoms with E-state index in [0.29, 0.717) is 0 Å². The van der Waals surface area contributed by atoms with Crippen LogP contribution in [-0.2, 0) is 0 Å². The average molecular weight is 616 g/mol. The van der Waals surface area contributed by atoms with Crippen LogP contribution in [0.25, 0.3) is 69.9 Å². The number of fused-ring (bicyclic) bond motifs is 8. The van der Waals surface area contributed by atoms with E-state index in [4.69, 9.17) is 0 Å². The molecule has 10 rings (SSSR count). The number of anilines is 2. The number of nitrogens with zero attached hydrogens (tertiary/aromatic N) is 1. The number of thiophene rings is 1. The second-order valence-corrected chi connectivity index (χ2v) is 13.5. The summed E-state index contributed by atoms with van der Waals surface area (Å²) in [6.07, 6.45) is 0. The van der Waals surface area contributed by atoms with Gasteiger partial charge in [-0.15, -0.1) is 11.3 Å². The standard InChI is InChI=1S/C43H28BN2S/c1-26-12-5-8-19-34(26)45-35-22-23-39-41(31-16-7-10-21-38(31)47-39)40(35)32-24-28(27-13-3-2-4-14-27)25-37-42(32)44-33-18-11-17-30-29-15-6-9-20-36(29)46(37)43(30)33/h2-25,45H,1H3. The number of hydrogen-bond donors (Lipinski definition) is 1. The number of aryl methyl sites for hydroxylation is 1. The van der Waals surface area contributed by atoms with E-state index >= 15 is 0 Å². The van der Waals surface area contributed by atoms with Crippen molar-refractivity contribution >= 4 is 82.9 Å². The van der Waals surface area contributed by atoms with Gasteiger partial charge in [0.2, 0.25) is 0 Å². The second-order valence-electron chi connectivity index (χ2n) is 12.5. The van der Waals surface area contributed by atoms with Gasteiger partial charge in [0.25, 0.3) is 0 Å². The first-order valence-corrected chi connectivity index (χ1v) is 16.9. The van der Waals surface area contributed by atoms with Gasteiger partial charge in [-0.1, -0.05) is 109 Å². The first-order chi connectivity index (χ1) is 23.2. The van der Waals surface area contributed by atoms with Crippen LogP contribution < -0.4 is 16.2 Å². The summed E-state index contributed by atoms with van der Waals surface area (Å²) in [5, 5.41) is 9.06. The second kappa shape index (κ2) is 10.2. The van der Waals surface area contributed by atoms with Crippen LogP contribution in [0.3, 0.4) is 0 Å². The Morgan fingerprint density at radius 1 is 0.596 bits per heavy atom. The number of para-hydroxylation sites is 3. The first kappa shape index (κ1) is 26.6. The summed E-state index contributed by atoms with van der Waals surface area (Å²) in [5.41, 5.74) is 14.5. The molecule has 0 saturated carbocycles. The third-order valence-corrected chi connectivity index (χ3v) is 10.9. The molecular weight excluding hydrogens is 587 g/mol. The Bertz CT molecular complexity index is 2700. The fraction of sp³-hybridized carbons (Fsp3) is 0.0233. The van der Waals surface area contributed by atoms with Gasteiger partial charge in [0, 0.05) is 59.1 Å². The molecule has 1 radical (unpaired) electrons. The van der Waals surface area contributed by atoms with E-state index in [9.17, 15) is 0 Å². The number of rotatable bonds is 4. The monoisotopic (exact) mass is 615 g/mol. The summed E-state index contributed by atoms with van der Waals surface area (Å²) in [4.78, 5) is 0. The summed E-state index contributed by atoms with van der Waals surface area (Å²) in [6.45, 7) is 2.17. The van der Waals surface area contributed by atoms with Gasteiger partial charge in [-0.25, -0.2) is 0 Å². The molecule has 0 atom stereocenters. The van der Waals surface area contributed by atoms with Crippen molar-refractivity contribution in [1.82, 2.24) is 4.57 Å². The maximum absolute atomic E-state index is 3.90. The third-order valence-electron chi connectivity index (χ3n) is 9.76. The van der Waals surface area contributed by atoms with Crippen LogP contribution in [0.2, 0.25) is 0 Å². The molecule has 2 nitrogen and oxygen atoms in total. The molecule has 1 N–H and O–H groups in total. The van der Waals surface area contributed by atoms with E-state index in [-0.39, 0.29) is 0 Å². The minimum Gasteiger partial charge on any atom is -0.355 e. The fourth-order valence-corrected chi connectivity index (χ4v) is 8.72. The van der Waals surface area contributed by atoms with Crippen LogP contribution in [0.4, 0.5) is 11.4 Å². The van der Waals surface area contributed by atoms with Crippen molar-refractivity contribution in [2.75, 3.05) is 5.32 Å². The van der Waals surface area contributed by atoms with E-state index < -0.39 is 0 Å². The van der Waals surface area contributed by atoms with Crippen LogP contribution in [0.5, 0.6) is 0 Å². The third kappa shape index (κ3) is 3.98. The Morgan fingerprint density at radius 2 is 1.36 bits per heavy atom. The quantitative estimate of drug-likeness (QED) is 0.195. The number of benzene rings is 7. The molecule has 0 aliphatic carbocycles. The summed E-state index contributed by atoms with van der Waals surface area (Å²) in [7, 11) is 2.42. The summed E-state index contributed by atoms with van der Waals surface area (Å²) in [6, 6.07) is 53.2. The molecule has 0 saturated heterocycles. The average Bonchev–Trinajstić information content (AvgIpc) is 3.67. The molecule has 1 aliphatic heterocycles. The van der Waals surface area contributed by atoms with Gasteiger partial charge in [-0.2, -0.15) is 0 Å². The zero-order valence-electron chi connectivity index (χ0n) is 25.8. The normalized spacial score (nSPS) is 12.1. The Labute approximate surface area is 277 Å². The predicted octanol–water partition coefficient (Wildman–Crippen LogP) is 10.5. The fourth-order valence-electron chi connectivity index (χ4n) is 7.60. The summed E-state index contributed by atoms with van der Waals surface area (Å²) >= 11 is 1.87. The van der Waals surface area contributed by atoms with Crippen molar-refractivity contribution in [3.8, 4) is 27.9 Å². The van der Waals surface area contributed by atoms with E-state index in [0.717, 1.165) is 11.4 Å². The zero-order valence-corrected chi connectivity index (χ0v) is 26.6. The molecule has 4 heteroatoms. The highest BCUT2D eigenvalue weighted by Crippen LogP contribution is 2.46. The molecule has 0 unspecified atom stereocenters. The minimum absolute atomic E-state index is 1.11. The molecule has 47 heavy (non-hydrogen) atoms. The molecule has 7 aromatic carbocycles. The smallest absolute Gasteiger partial charge is 0.197 e. The van der Waals surface area contributed by atoms with Gasteiger partial charge >= 0.3 is 0 Å². The Hall–Kier alpha value is -5.58. The maximum Gasteiger partial charge on any atom is 0.197 e. The highest BCUT2D eigenvalue weighted by Gasteiger charge is 2.28. The largest absolute Gasteiger partial charge is 0.355 e. The van der Waals surface area contributed by atoms with Crippen molar-refractivity contribution in [2.24, 2.45) is 0 Å². The van der Waals surface area contributed by atoms with Gasteiger partial charge in [-0.3, -0.25) is 0 Å². The highest BCUT2D eigenvalue weighted by atomic mass is 32.1. The molecule has 1 aliphatic rings. The Morgan fingerprint density at radius 3 is 2.26 bits per heavy atom. The number of hydrogen-bond acceptors (Lipinski definition) is 2. The van der Waals surface area contributed by atoms with Crippen molar-refractivity contribution in [1.29, 1.82) is 0 Å². The van der Waals surface area contributed by atoms with Crippen molar-refractivity contribution in [3.63, 3.8) is 0 Å². The topological polar surface area (TPSA) is 17.0 Å². The van der Waals surface area contributed by atoms with Crippen molar-refractivity contribution in [3.05, 3.63) is 151 Å². The molecular formula is C43H28BN2S. The molecule has 0 spiro atoms.